The summed E-state index contributed by atoms with van der Waals surface area (Å²) in [5.74, 6) is 1.14. The highest BCUT2D eigenvalue weighted by molar-refractivity contribution is 7.98. The number of fused-ring (bicyclic) bond motifs is 1. The van der Waals surface area contributed by atoms with Gasteiger partial charge in [0.1, 0.15) is 0 Å². The molecule has 0 aliphatic heterocycles. The smallest absolute Gasteiger partial charge is 0.178 e. The Bertz CT molecular complexity index is 573. The number of benzene rings is 1. The lowest BCUT2D eigenvalue weighted by Gasteiger charge is -2.13. The summed E-state index contributed by atoms with van der Waals surface area (Å²) >= 11 is 13.3. The van der Waals surface area contributed by atoms with Crippen LogP contribution in [0.2, 0.25) is 5.02 Å². The van der Waals surface area contributed by atoms with Crippen LogP contribution in [0.3, 0.4) is 0 Å². The fraction of sp³-hybridized carbons (Fsp3) is 0.417. The van der Waals surface area contributed by atoms with Crippen molar-refractivity contribution in [3.63, 3.8) is 0 Å². The Morgan fingerprint density at radius 2 is 2.29 bits per heavy atom. The number of halogens is 1. The molecular weight excluding hydrogens is 272 g/mol. The lowest BCUT2D eigenvalue weighted by Crippen LogP contribution is -2.06. The fourth-order valence-electron chi connectivity index (χ4n) is 1.95. The minimum absolute atomic E-state index is 0.391. The monoisotopic (exact) mass is 286 g/mol. The van der Waals surface area contributed by atoms with Gasteiger partial charge in [0.05, 0.1) is 11.0 Å². The van der Waals surface area contributed by atoms with Crippen molar-refractivity contribution in [2.24, 2.45) is 0 Å². The molecule has 1 aromatic carbocycles. The Hall–Kier alpha value is -0.450. The number of imidazole rings is 1. The summed E-state index contributed by atoms with van der Waals surface area (Å²) in [5, 5.41) is 0.748. The minimum Gasteiger partial charge on any atom is -0.331 e. The third kappa shape index (κ3) is 2.69. The zero-order valence-electron chi connectivity index (χ0n) is 9.87. The first-order chi connectivity index (χ1) is 8.13. The van der Waals surface area contributed by atoms with Crippen molar-refractivity contribution in [3.8, 4) is 0 Å². The van der Waals surface area contributed by atoms with Gasteiger partial charge in [-0.3, -0.25) is 0 Å². The summed E-state index contributed by atoms with van der Waals surface area (Å²) < 4.78 is 2.93. The first kappa shape index (κ1) is 13.0. The molecular formula is C12H15ClN2S2. The topological polar surface area (TPSA) is 20.7 Å². The maximum absolute atomic E-state index is 6.04. The van der Waals surface area contributed by atoms with Crippen LogP contribution in [0.4, 0.5) is 0 Å². The van der Waals surface area contributed by atoms with Gasteiger partial charge in [-0.15, -0.1) is 0 Å². The lowest BCUT2D eigenvalue weighted by molar-refractivity contribution is 0.543. The van der Waals surface area contributed by atoms with E-state index in [9.17, 15) is 0 Å². The largest absolute Gasteiger partial charge is 0.331 e. The van der Waals surface area contributed by atoms with Crippen molar-refractivity contribution in [2.45, 2.75) is 19.4 Å². The zero-order valence-corrected chi connectivity index (χ0v) is 12.3. The predicted molar refractivity (Wildman–Crippen MR) is 79.8 cm³/mol. The van der Waals surface area contributed by atoms with Gasteiger partial charge in [-0.05, 0) is 55.8 Å². The number of nitrogens with one attached hydrogen (secondary N) is 1. The Morgan fingerprint density at radius 3 is 3.00 bits per heavy atom. The van der Waals surface area contributed by atoms with E-state index in [1.807, 2.05) is 30.0 Å². The summed E-state index contributed by atoms with van der Waals surface area (Å²) in [4.78, 5) is 3.22. The van der Waals surface area contributed by atoms with Crippen LogP contribution in [0, 0.1) is 4.77 Å². The molecule has 0 saturated carbocycles. The van der Waals surface area contributed by atoms with Crippen molar-refractivity contribution in [1.82, 2.24) is 9.55 Å². The van der Waals surface area contributed by atoms with Gasteiger partial charge in [-0.25, -0.2) is 0 Å². The van der Waals surface area contributed by atoms with Crippen LogP contribution in [-0.2, 0) is 0 Å². The molecule has 0 radical (unpaired) electrons. The number of nitrogens with zero attached hydrogens (tertiary/aromatic N) is 1. The van der Waals surface area contributed by atoms with Gasteiger partial charge in [0.2, 0.25) is 0 Å². The third-order valence-electron chi connectivity index (χ3n) is 2.86. The van der Waals surface area contributed by atoms with E-state index in [-0.39, 0.29) is 0 Å². The van der Waals surface area contributed by atoms with Crippen LogP contribution in [0.25, 0.3) is 11.0 Å². The number of rotatable bonds is 4. The average molecular weight is 287 g/mol. The second-order valence-electron chi connectivity index (χ2n) is 4.09. The van der Waals surface area contributed by atoms with Crippen LogP contribution in [-0.4, -0.2) is 21.6 Å². The van der Waals surface area contributed by atoms with E-state index in [2.05, 4.69) is 22.7 Å². The molecule has 2 aromatic rings. The number of hydrogen-bond donors (Lipinski definition) is 1. The van der Waals surface area contributed by atoms with Gasteiger partial charge in [0.25, 0.3) is 0 Å². The molecule has 0 aliphatic carbocycles. The molecule has 5 heteroatoms. The van der Waals surface area contributed by atoms with E-state index in [0.717, 1.165) is 33.0 Å². The minimum atomic E-state index is 0.391. The van der Waals surface area contributed by atoms with Gasteiger partial charge in [0, 0.05) is 11.1 Å². The van der Waals surface area contributed by atoms with Crippen LogP contribution < -0.4 is 0 Å². The van der Waals surface area contributed by atoms with E-state index in [0.29, 0.717) is 6.04 Å². The second-order valence-corrected chi connectivity index (χ2v) is 5.90. The van der Waals surface area contributed by atoms with Crippen molar-refractivity contribution >= 4 is 46.6 Å². The molecule has 1 atom stereocenters. The zero-order chi connectivity index (χ0) is 12.4. The summed E-state index contributed by atoms with van der Waals surface area (Å²) in [6.45, 7) is 2.19. The summed E-state index contributed by atoms with van der Waals surface area (Å²) in [6, 6.07) is 6.22. The van der Waals surface area contributed by atoms with Gasteiger partial charge in [-0.2, -0.15) is 11.8 Å². The number of thioether (sulfide) groups is 1. The Balaban J connectivity index is 2.48. The molecule has 1 aromatic heterocycles. The molecule has 1 unspecified atom stereocenters. The molecule has 0 bridgehead atoms. The van der Waals surface area contributed by atoms with Crippen LogP contribution in [0.5, 0.6) is 0 Å². The normalized spacial score (nSPS) is 13.1. The second kappa shape index (κ2) is 5.46. The molecule has 17 heavy (non-hydrogen) atoms. The fourth-order valence-corrected chi connectivity index (χ4v) is 3.08. The maximum atomic E-state index is 6.04. The van der Waals surface area contributed by atoms with Crippen LogP contribution >= 0.6 is 35.6 Å². The first-order valence-electron chi connectivity index (χ1n) is 5.52. The Morgan fingerprint density at radius 1 is 1.53 bits per heavy atom. The SMILES string of the molecule is CSCCC(C)n1c(=S)[nH]c2ccc(Cl)cc21. The number of hydrogen-bond acceptors (Lipinski definition) is 2. The average Bonchev–Trinajstić information content (AvgIpc) is 2.61. The first-order valence-corrected chi connectivity index (χ1v) is 7.70. The maximum Gasteiger partial charge on any atom is 0.178 e. The summed E-state index contributed by atoms with van der Waals surface area (Å²) in [5.41, 5.74) is 2.14. The molecule has 1 heterocycles. The molecule has 0 fully saturated rings. The van der Waals surface area contributed by atoms with Crippen LogP contribution in [0.1, 0.15) is 19.4 Å². The quantitative estimate of drug-likeness (QED) is 0.825. The molecule has 2 nitrogen and oxygen atoms in total. The highest BCUT2D eigenvalue weighted by Crippen LogP contribution is 2.24. The van der Waals surface area contributed by atoms with Crippen molar-refractivity contribution < 1.29 is 0 Å². The van der Waals surface area contributed by atoms with E-state index in [4.69, 9.17) is 23.8 Å². The number of aromatic amines is 1. The standard InChI is InChI=1S/C12H15ClN2S2/c1-8(5-6-17-2)15-11-7-9(13)3-4-10(11)14-12(15)16/h3-4,7-8H,5-6H2,1-2H3,(H,14,16). The van der Waals surface area contributed by atoms with Crippen LogP contribution in [0.15, 0.2) is 18.2 Å². The van der Waals surface area contributed by atoms with Crippen molar-refractivity contribution in [1.29, 1.82) is 0 Å². The Labute approximate surface area is 115 Å². The highest BCUT2D eigenvalue weighted by Gasteiger charge is 2.11. The van der Waals surface area contributed by atoms with Gasteiger partial charge in [0.15, 0.2) is 4.77 Å². The molecule has 0 amide bonds. The van der Waals surface area contributed by atoms with Gasteiger partial charge < -0.3 is 9.55 Å². The number of aromatic nitrogens is 2. The summed E-state index contributed by atoms with van der Waals surface area (Å²) in [7, 11) is 0. The Kier molecular flexibility index (Phi) is 4.17. The van der Waals surface area contributed by atoms with E-state index < -0.39 is 0 Å². The van der Waals surface area contributed by atoms with E-state index in [1.165, 1.54) is 0 Å². The van der Waals surface area contributed by atoms with Gasteiger partial charge >= 0.3 is 0 Å². The number of H-pyrrole nitrogens is 1. The van der Waals surface area contributed by atoms with E-state index >= 15 is 0 Å². The molecule has 92 valence electrons. The third-order valence-corrected chi connectivity index (χ3v) is 4.04. The lowest BCUT2D eigenvalue weighted by atomic mass is 10.2. The predicted octanol–water partition coefficient (Wildman–Crippen LogP) is 4.67. The highest BCUT2D eigenvalue weighted by atomic mass is 35.5. The molecule has 0 spiro atoms. The molecule has 1 N–H and O–H groups in total. The molecule has 0 aliphatic rings. The van der Waals surface area contributed by atoms with Gasteiger partial charge in [-0.1, -0.05) is 11.6 Å². The van der Waals surface area contributed by atoms with E-state index in [1.54, 1.807) is 0 Å². The molecule has 2 rings (SSSR count). The van der Waals surface area contributed by atoms with Crippen molar-refractivity contribution in [3.05, 3.63) is 28.0 Å². The molecule has 0 saturated heterocycles. The summed E-state index contributed by atoms with van der Waals surface area (Å²) in [6.07, 6.45) is 3.23. The van der Waals surface area contributed by atoms with Crippen molar-refractivity contribution in [2.75, 3.05) is 12.0 Å².